The van der Waals surface area contributed by atoms with E-state index in [2.05, 4.69) is 20.3 Å². The highest BCUT2D eigenvalue weighted by molar-refractivity contribution is 7.90. The SMILES string of the molecule is Cc1cnc(NC(=O)[C@H](CC2CCCC2)n2cnc(S(C)(=O)=O)c2)cn1. The fraction of sp³-hybridized carbons (Fsp3) is 0.529. The normalized spacial score (nSPS) is 16.5. The predicted octanol–water partition coefficient (Wildman–Crippen LogP) is 2.15. The van der Waals surface area contributed by atoms with E-state index in [0.717, 1.165) is 24.8 Å². The highest BCUT2D eigenvalue weighted by Crippen LogP contribution is 2.32. The molecule has 1 fully saturated rings. The lowest BCUT2D eigenvalue weighted by Crippen LogP contribution is -2.27. The van der Waals surface area contributed by atoms with E-state index in [0.29, 0.717) is 18.2 Å². The Morgan fingerprint density at radius 3 is 2.58 bits per heavy atom. The van der Waals surface area contributed by atoms with Crippen LogP contribution in [0.3, 0.4) is 0 Å². The maximum atomic E-state index is 12.9. The van der Waals surface area contributed by atoms with Gasteiger partial charge in [-0.15, -0.1) is 0 Å². The van der Waals surface area contributed by atoms with Gasteiger partial charge in [-0.25, -0.2) is 18.4 Å². The Kier molecular flexibility index (Phi) is 5.36. The number of aryl methyl sites for hydroxylation is 1. The van der Waals surface area contributed by atoms with Crippen LogP contribution in [0, 0.1) is 12.8 Å². The lowest BCUT2D eigenvalue weighted by atomic mass is 9.97. The molecular weight excluding hydrogens is 354 g/mol. The minimum atomic E-state index is -3.42. The Hall–Kier alpha value is -2.29. The summed E-state index contributed by atoms with van der Waals surface area (Å²) >= 11 is 0. The van der Waals surface area contributed by atoms with E-state index < -0.39 is 15.9 Å². The second-order valence-corrected chi connectivity index (χ2v) is 8.83. The molecule has 2 aromatic rings. The number of nitrogens with zero attached hydrogens (tertiary/aromatic N) is 4. The van der Waals surface area contributed by atoms with Crippen molar-refractivity contribution in [3.8, 4) is 0 Å². The van der Waals surface area contributed by atoms with Gasteiger partial charge < -0.3 is 9.88 Å². The summed E-state index contributed by atoms with van der Waals surface area (Å²) in [5.41, 5.74) is 0.762. The predicted molar refractivity (Wildman–Crippen MR) is 96.3 cm³/mol. The highest BCUT2D eigenvalue weighted by Gasteiger charge is 2.28. The smallest absolute Gasteiger partial charge is 0.248 e. The average molecular weight is 377 g/mol. The van der Waals surface area contributed by atoms with Crippen molar-refractivity contribution in [3.05, 3.63) is 30.6 Å². The van der Waals surface area contributed by atoms with E-state index in [-0.39, 0.29) is 10.9 Å². The van der Waals surface area contributed by atoms with Crippen molar-refractivity contribution in [3.63, 3.8) is 0 Å². The fourth-order valence-corrected chi connectivity index (χ4v) is 3.82. The number of hydrogen-bond acceptors (Lipinski definition) is 6. The second-order valence-electron chi connectivity index (χ2n) is 6.87. The van der Waals surface area contributed by atoms with Gasteiger partial charge >= 0.3 is 0 Å². The number of imidazole rings is 1. The Labute approximate surface area is 153 Å². The number of carbonyl (C=O) groups excluding carboxylic acids is 1. The Morgan fingerprint density at radius 2 is 2.00 bits per heavy atom. The Balaban J connectivity index is 1.83. The summed E-state index contributed by atoms with van der Waals surface area (Å²) < 4.78 is 25.0. The molecule has 1 N–H and O–H groups in total. The summed E-state index contributed by atoms with van der Waals surface area (Å²) in [6, 6.07) is -0.538. The molecule has 9 heteroatoms. The number of carbonyl (C=O) groups is 1. The maximum Gasteiger partial charge on any atom is 0.248 e. The van der Waals surface area contributed by atoms with Gasteiger partial charge in [0.15, 0.2) is 20.7 Å². The van der Waals surface area contributed by atoms with Crippen molar-refractivity contribution < 1.29 is 13.2 Å². The first-order valence-corrected chi connectivity index (χ1v) is 10.5. The van der Waals surface area contributed by atoms with Crippen LogP contribution in [0.25, 0.3) is 0 Å². The Morgan fingerprint density at radius 1 is 1.27 bits per heavy atom. The van der Waals surface area contributed by atoms with Gasteiger partial charge in [0.1, 0.15) is 6.04 Å². The molecule has 2 heterocycles. The van der Waals surface area contributed by atoms with Crippen LogP contribution in [-0.4, -0.2) is 40.1 Å². The van der Waals surface area contributed by atoms with Crippen molar-refractivity contribution >= 4 is 21.6 Å². The first-order chi connectivity index (χ1) is 12.3. The van der Waals surface area contributed by atoms with Gasteiger partial charge in [0.05, 0.1) is 24.4 Å². The van der Waals surface area contributed by atoms with Crippen molar-refractivity contribution in [1.29, 1.82) is 0 Å². The topological polar surface area (TPSA) is 107 Å². The highest BCUT2D eigenvalue weighted by atomic mass is 32.2. The number of aromatic nitrogens is 4. The number of sulfone groups is 1. The molecule has 26 heavy (non-hydrogen) atoms. The van der Waals surface area contributed by atoms with Crippen LogP contribution < -0.4 is 5.32 Å². The largest absolute Gasteiger partial charge is 0.324 e. The zero-order chi connectivity index (χ0) is 18.7. The molecule has 2 aromatic heterocycles. The lowest BCUT2D eigenvalue weighted by Gasteiger charge is -2.21. The summed E-state index contributed by atoms with van der Waals surface area (Å²) in [5, 5.41) is 2.75. The van der Waals surface area contributed by atoms with Crippen molar-refractivity contribution in [1.82, 2.24) is 19.5 Å². The van der Waals surface area contributed by atoms with Crippen LogP contribution in [-0.2, 0) is 14.6 Å². The molecule has 0 radical (unpaired) electrons. The molecule has 0 saturated heterocycles. The third kappa shape index (κ3) is 4.46. The zero-order valence-electron chi connectivity index (χ0n) is 14.9. The standard InChI is InChI=1S/C17H23N5O3S/c1-12-8-19-15(9-18-12)21-17(23)14(7-13-5-3-4-6-13)22-10-16(20-11-22)26(2,24)25/h8-11,13-14H,3-7H2,1-2H3,(H,19,21,23)/t14-/m0/s1. The molecule has 1 aliphatic carbocycles. The van der Waals surface area contributed by atoms with Gasteiger partial charge in [0.25, 0.3) is 0 Å². The van der Waals surface area contributed by atoms with Gasteiger partial charge in [-0.2, -0.15) is 0 Å². The third-order valence-electron chi connectivity index (χ3n) is 4.68. The molecule has 1 amide bonds. The summed E-state index contributed by atoms with van der Waals surface area (Å²) in [7, 11) is -3.42. The molecule has 0 aromatic carbocycles. The number of anilines is 1. The number of amides is 1. The van der Waals surface area contributed by atoms with Crippen molar-refractivity contribution in [2.75, 3.05) is 11.6 Å². The quantitative estimate of drug-likeness (QED) is 0.826. The van der Waals surface area contributed by atoms with Crippen LogP contribution in [0.5, 0.6) is 0 Å². The minimum absolute atomic E-state index is 0.0307. The molecule has 0 unspecified atom stereocenters. The number of rotatable bonds is 6. The summed E-state index contributed by atoms with van der Waals surface area (Å²) in [6.07, 6.45) is 12.2. The van der Waals surface area contributed by atoms with E-state index in [9.17, 15) is 13.2 Å². The number of nitrogens with one attached hydrogen (secondary N) is 1. The molecule has 140 valence electrons. The zero-order valence-corrected chi connectivity index (χ0v) is 15.7. The van der Waals surface area contributed by atoms with E-state index in [1.54, 1.807) is 10.8 Å². The minimum Gasteiger partial charge on any atom is -0.324 e. The molecule has 0 spiro atoms. The fourth-order valence-electron chi connectivity index (χ4n) is 3.27. The monoisotopic (exact) mass is 377 g/mol. The van der Waals surface area contributed by atoms with E-state index in [1.807, 2.05) is 6.92 Å². The third-order valence-corrected chi connectivity index (χ3v) is 5.65. The van der Waals surface area contributed by atoms with E-state index in [4.69, 9.17) is 0 Å². The molecule has 3 rings (SSSR count). The van der Waals surface area contributed by atoms with Crippen molar-refractivity contribution in [2.45, 2.75) is 50.1 Å². The molecule has 8 nitrogen and oxygen atoms in total. The van der Waals surface area contributed by atoms with Crippen LogP contribution in [0.4, 0.5) is 5.82 Å². The Bertz CT molecular complexity index is 870. The first-order valence-electron chi connectivity index (χ1n) is 8.66. The van der Waals surface area contributed by atoms with Gasteiger partial charge in [0, 0.05) is 12.5 Å². The van der Waals surface area contributed by atoms with Crippen molar-refractivity contribution in [2.24, 2.45) is 5.92 Å². The summed E-state index contributed by atoms with van der Waals surface area (Å²) in [6.45, 7) is 1.82. The molecule has 1 saturated carbocycles. The molecule has 0 bridgehead atoms. The van der Waals surface area contributed by atoms with Gasteiger partial charge in [-0.1, -0.05) is 25.7 Å². The average Bonchev–Trinajstić information content (AvgIpc) is 3.25. The second kappa shape index (κ2) is 7.53. The molecule has 0 aliphatic heterocycles. The number of hydrogen-bond donors (Lipinski definition) is 1. The van der Waals surface area contributed by atoms with Gasteiger partial charge in [-0.05, 0) is 19.3 Å². The van der Waals surface area contributed by atoms with Crippen LogP contribution in [0.15, 0.2) is 29.9 Å². The summed E-state index contributed by atoms with van der Waals surface area (Å²) in [5.74, 6) is 0.576. The lowest BCUT2D eigenvalue weighted by molar-refractivity contribution is -0.119. The van der Waals surface area contributed by atoms with E-state index in [1.165, 1.54) is 31.6 Å². The maximum absolute atomic E-state index is 12.9. The van der Waals surface area contributed by atoms with E-state index >= 15 is 0 Å². The molecular formula is C17H23N5O3S. The first kappa shape index (κ1) is 18.5. The van der Waals surface area contributed by atoms with Crippen LogP contribution in [0.2, 0.25) is 0 Å². The van der Waals surface area contributed by atoms with Gasteiger partial charge in [-0.3, -0.25) is 9.78 Å². The molecule has 1 atom stereocenters. The van der Waals surface area contributed by atoms with Gasteiger partial charge in [0.2, 0.25) is 5.91 Å². The molecule has 1 aliphatic rings. The van der Waals surface area contributed by atoms with Crippen LogP contribution in [0.1, 0.15) is 43.8 Å². The van der Waals surface area contributed by atoms with Crippen LogP contribution >= 0.6 is 0 Å². The summed E-state index contributed by atoms with van der Waals surface area (Å²) in [4.78, 5) is 25.1.